The summed E-state index contributed by atoms with van der Waals surface area (Å²) >= 11 is 0. The van der Waals surface area contributed by atoms with Crippen LogP contribution in [0.2, 0.25) is 0 Å². The van der Waals surface area contributed by atoms with E-state index in [2.05, 4.69) is 6.92 Å². The highest BCUT2D eigenvalue weighted by atomic mass is 16.1. The molecular formula is C18H19NO. The van der Waals surface area contributed by atoms with Crippen molar-refractivity contribution in [3.63, 3.8) is 0 Å². The van der Waals surface area contributed by atoms with Gasteiger partial charge in [0.15, 0.2) is 5.78 Å². The fraction of sp³-hybridized carbons (Fsp3) is 0.222. The lowest BCUT2D eigenvalue weighted by atomic mass is 9.97. The number of carbonyl (C=O) groups is 1. The minimum atomic E-state index is 0.0386. The van der Waals surface area contributed by atoms with Gasteiger partial charge in [0, 0.05) is 16.8 Å². The largest absolute Gasteiger partial charge is 0.305 e. The summed E-state index contributed by atoms with van der Waals surface area (Å²) in [7, 11) is 0. The molecule has 0 saturated heterocycles. The summed E-state index contributed by atoms with van der Waals surface area (Å²) in [6.45, 7) is 4.00. The Morgan fingerprint density at radius 3 is 2.20 bits per heavy atom. The smallest absolute Gasteiger partial charge is 0.193 e. The van der Waals surface area contributed by atoms with E-state index in [0.717, 1.165) is 29.5 Å². The Morgan fingerprint density at radius 2 is 1.60 bits per heavy atom. The number of aryl methyl sites for hydroxylation is 1. The monoisotopic (exact) mass is 265 g/mol. The molecular weight excluding hydrogens is 246 g/mol. The standard InChI is InChI=1S/C18H19NO/c1-3-6-17(19)14-9-11-15(12-10-14)18(20)16-8-5-4-7-13(16)2/h4-5,7-12,19H,3,6H2,1-2H3. The molecule has 2 heteroatoms. The third-order valence-corrected chi connectivity index (χ3v) is 3.39. The van der Waals surface area contributed by atoms with E-state index in [-0.39, 0.29) is 5.78 Å². The second-order valence-corrected chi connectivity index (χ2v) is 4.95. The molecule has 0 amide bonds. The highest BCUT2D eigenvalue weighted by Crippen LogP contribution is 2.15. The van der Waals surface area contributed by atoms with E-state index in [0.29, 0.717) is 11.3 Å². The number of hydrogen-bond donors (Lipinski definition) is 1. The molecule has 0 aliphatic rings. The van der Waals surface area contributed by atoms with Crippen molar-refractivity contribution in [2.24, 2.45) is 0 Å². The second kappa shape index (κ2) is 6.29. The highest BCUT2D eigenvalue weighted by Gasteiger charge is 2.11. The van der Waals surface area contributed by atoms with Gasteiger partial charge in [-0.05, 0) is 24.5 Å². The topological polar surface area (TPSA) is 40.9 Å². The van der Waals surface area contributed by atoms with Crippen LogP contribution in [0.4, 0.5) is 0 Å². The third-order valence-electron chi connectivity index (χ3n) is 3.39. The van der Waals surface area contributed by atoms with E-state index >= 15 is 0 Å². The van der Waals surface area contributed by atoms with Gasteiger partial charge in [0.2, 0.25) is 0 Å². The normalized spacial score (nSPS) is 10.3. The van der Waals surface area contributed by atoms with Crippen molar-refractivity contribution in [1.82, 2.24) is 0 Å². The van der Waals surface area contributed by atoms with Crippen molar-refractivity contribution < 1.29 is 4.79 Å². The van der Waals surface area contributed by atoms with Crippen LogP contribution in [0, 0.1) is 12.3 Å². The van der Waals surface area contributed by atoms with Gasteiger partial charge in [-0.25, -0.2) is 0 Å². The second-order valence-electron chi connectivity index (χ2n) is 4.95. The average Bonchev–Trinajstić information content (AvgIpc) is 2.47. The van der Waals surface area contributed by atoms with Gasteiger partial charge in [0.05, 0.1) is 0 Å². The fourth-order valence-corrected chi connectivity index (χ4v) is 2.20. The Morgan fingerprint density at radius 1 is 1.00 bits per heavy atom. The number of carbonyl (C=O) groups excluding carboxylic acids is 1. The lowest BCUT2D eigenvalue weighted by molar-refractivity contribution is 0.103. The molecule has 0 radical (unpaired) electrons. The zero-order valence-corrected chi connectivity index (χ0v) is 11.9. The molecule has 1 N–H and O–H groups in total. The average molecular weight is 265 g/mol. The van der Waals surface area contributed by atoms with Crippen molar-refractivity contribution in [2.75, 3.05) is 0 Å². The molecule has 0 spiro atoms. The molecule has 0 atom stereocenters. The molecule has 2 nitrogen and oxygen atoms in total. The number of rotatable bonds is 5. The van der Waals surface area contributed by atoms with Crippen LogP contribution in [0.15, 0.2) is 48.5 Å². The molecule has 2 aromatic carbocycles. The Kier molecular flexibility index (Phi) is 4.46. The van der Waals surface area contributed by atoms with Gasteiger partial charge in [0.25, 0.3) is 0 Å². The predicted molar refractivity (Wildman–Crippen MR) is 82.8 cm³/mol. The quantitative estimate of drug-likeness (QED) is 0.632. The number of ketones is 1. The van der Waals surface area contributed by atoms with E-state index < -0.39 is 0 Å². The van der Waals surface area contributed by atoms with E-state index in [1.54, 1.807) is 0 Å². The first-order valence-corrected chi connectivity index (χ1v) is 6.91. The van der Waals surface area contributed by atoms with E-state index in [1.807, 2.05) is 55.5 Å². The third kappa shape index (κ3) is 3.02. The van der Waals surface area contributed by atoms with Gasteiger partial charge < -0.3 is 5.41 Å². The van der Waals surface area contributed by atoms with Crippen LogP contribution in [-0.2, 0) is 0 Å². The summed E-state index contributed by atoms with van der Waals surface area (Å²) in [5.74, 6) is 0.0386. The SMILES string of the molecule is CCCC(=N)c1ccc(C(=O)c2ccccc2C)cc1. The molecule has 0 fully saturated rings. The van der Waals surface area contributed by atoms with Crippen molar-refractivity contribution in [3.05, 3.63) is 70.8 Å². The van der Waals surface area contributed by atoms with Crippen LogP contribution < -0.4 is 0 Å². The molecule has 0 bridgehead atoms. The summed E-state index contributed by atoms with van der Waals surface area (Å²) in [6.07, 6.45) is 1.73. The fourth-order valence-electron chi connectivity index (χ4n) is 2.20. The van der Waals surface area contributed by atoms with Gasteiger partial charge in [-0.1, -0.05) is 61.9 Å². The molecule has 0 aliphatic carbocycles. The zero-order valence-electron chi connectivity index (χ0n) is 11.9. The molecule has 0 aliphatic heterocycles. The molecule has 2 aromatic rings. The maximum Gasteiger partial charge on any atom is 0.193 e. The van der Waals surface area contributed by atoms with Crippen molar-refractivity contribution in [3.8, 4) is 0 Å². The summed E-state index contributed by atoms with van der Waals surface area (Å²) in [5.41, 5.74) is 3.92. The first-order valence-electron chi connectivity index (χ1n) is 6.91. The van der Waals surface area contributed by atoms with Crippen molar-refractivity contribution in [1.29, 1.82) is 5.41 Å². The van der Waals surface area contributed by atoms with Crippen molar-refractivity contribution >= 4 is 11.5 Å². The van der Waals surface area contributed by atoms with Crippen LogP contribution >= 0.6 is 0 Å². The number of benzene rings is 2. The summed E-state index contributed by atoms with van der Waals surface area (Å²) < 4.78 is 0. The zero-order chi connectivity index (χ0) is 14.5. The summed E-state index contributed by atoms with van der Waals surface area (Å²) in [4.78, 5) is 12.4. The first kappa shape index (κ1) is 14.2. The van der Waals surface area contributed by atoms with Gasteiger partial charge in [-0.3, -0.25) is 4.79 Å². The highest BCUT2D eigenvalue weighted by molar-refractivity contribution is 6.10. The molecule has 2 rings (SSSR count). The van der Waals surface area contributed by atoms with Crippen LogP contribution in [0.3, 0.4) is 0 Å². The lowest BCUT2D eigenvalue weighted by Crippen LogP contribution is -2.04. The summed E-state index contributed by atoms with van der Waals surface area (Å²) in [5, 5.41) is 7.92. The molecule has 0 heterocycles. The maximum absolute atomic E-state index is 12.4. The van der Waals surface area contributed by atoms with Crippen LogP contribution in [0.5, 0.6) is 0 Å². The van der Waals surface area contributed by atoms with Crippen molar-refractivity contribution in [2.45, 2.75) is 26.7 Å². The molecule has 102 valence electrons. The minimum Gasteiger partial charge on any atom is -0.305 e. The Labute approximate surface area is 120 Å². The number of hydrogen-bond acceptors (Lipinski definition) is 2. The molecule has 0 unspecified atom stereocenters. The number of nitrogens with one attached hydrogen (secondary N) is 1. The Balaban J connectivity index is 2.24. The van der Waals surface area contributed by atoms with E-state index in [4.69, 9.17) is 5.41 Å². The van der Waals surface area contributed by atoms with Crippen LogP contribution in [-0.4, -0.2) is 11.5 Å². The van der Waals surface area contributed by atoms with Gasteiger partial charge in [0.1, 0.15) is 0 Å². The molecule has 0 saturated carbocycles. The minimum absolute atomic E-state index is 0.0386. The van der Waals surface area contributed by atoms with Gasteiger partial charge in [-0.15, -0.1) is 0 Å². The Bertz CT molecular complexity index is 626. The predicted octanol–water partition coefficient (Wildman–Crippen LogP) is 4.39. The van der Waals surface area contributed by atoms with Crippen LogP contribution in [0.25, 0.3) is 0 Å². The first-order chi connectivity index (χ1) is 9.63. The van der Waals surface area contributed by atoms with Crippen LogP contribution in [0.1, 0.15) is 46.8 Å². The maximum atomic E-state index is 12.4. The lowest BCUT2D eigenvalue weighted by Gasteiger charge is -2.06. The van der Waals surface area contributed by atoms with E-state index in [9.17, 15) is 4.79 Å². The van der Waals surface area contributed by atoms with Gasteiger partial charge in [-0.2, -0.15) is 0 Å². The molecule has 20 heavy (non-hydrogen) atoms. The van der Waals surface area contributed by atoms with Gasteiger partial charge >= 0.3 is 0 Å². The molecule has 0 aromatic heterocycles. The Hall–Kier alpha value is -2.22. The van der Waals surface area contributed by atoms with E-state index in [1.165, 1.54) is 0 Å². The summed E-state index contributed by atoms with van der Waals surface area (Å²) in [6, 6.07) is 15.0.